The van der Waals surface area contributed by atoms with Gasteiger partial charge in [-0.1, -0.05) is 6.92 Å². The van der Waals surface area contributed by atoms with Crippen LogP contribution in [0.3, 0.4) is 0 Å². The van der Waals surface area contributed by atoms with Crippen LogP contribution >= 0.6 is 0 Å². The van der Waals surface area contributed by atoms with Crippen LogP contribution in [-0.2, 0) is 10.7 Å². The summed E-state index contributed by atoms with van der Waals surface area (Å²) in [6.07, 6.45) is 0.228. The molecule has 0 radical (unpaired) electrons. The first kappa shape index (κ1) is 15.7. The molecule has 0 aromatic heterocycles. The number of nitrogens with one attached hydrogen (secondary N) is 2. The number of nitrogens with zero attached hydrogens (tertiary/aromatic N) is 1. The lowest BCUT2D eigenvalue weighted by molar-refractivity contribution is -0.118. The van der Waals surface area contributed by atoms with Gasteiger partial charge in [0.15, 0.2) is 0 Å². The second kappa shape index (κ2) is 5.95. The molecule has 0 saturated carbocycles. The number of carbonyl (C=O) groups is 1. The number of benzene rings is 1. The predicted molar refractivity (Wildman–Crippen MR) is 75.1 cm³/mol. The summed E-state index contributed by atoms with van der Waals surface area (Å²) in [6.45, 7) is 2.08. The van der Waals surface area contributed by atoms with E-state index in [2.05, 4.69) is 10.7 Å². The molecular weight excluding hydrogens is 280 g/mol. The van der Waals surface area contributed by atoms with Crippen molar-refractivity contribution >= 4 is 11.6 Å². The summed E-state index contributed by atoms with van der Waals surface area (Å²) in [7, 11) is 1.83. The highest BCUT2D eigenvalue weighted by Gasteiger charge is 2.33. The van der Waals surface area contributed by atoms with E-state index in [1.807, 2.05) is 7.05 Å². The summed E-state index contributed by atoms with van der Waals surface area (Å²) in [4.78, 5) is 12.0. The van der Waals surface area contributed by atoms with Crippen LogP contribution in [0.25, 0.3) is 0 Å². The van der Waals surface area contributed by atoms with Crippen molar-refractivity contribution in [2.75, 3.05) is 18.9 Å². The average molecular weight is 299 g/mol. The Balaban J connectivity index is 2.14. The first-order valence-electron chi connectivity index (χ1n) is 6.83. The molecule has 116 valence electrons. The third kappa shape index (κ3) is 3.48. The highest BCUT2D eigenvalue weighted by molar-refractivity contribution is 5.95. The highest BCUT2D eigenvalue weighted by Crippen LogP contribution is 2.38. The number of hydrogen-bond donors (Lipinski definition) is 3. The maximum atomic E-state index is 13.7. The lowest BCUT2D eigenvalue weighted by Crippen LogP contribution is -2.40. The quantitative estimate of drug-likeness (QED) is 0.745. The van der Waals surface area contributed by atoms with Gasteiger partial charge in [0, 0.05) is 25.7 Å². The SMILES string of the molecule is CCC(F)(F)c1cc(NC(=O)C2CCN(C)N2)ccc1O. The first-order valence-corrected chi connectivity index (χ1v) is 6.83. The fraction of sp³-hybridized carbons (Fsp3) is 0.500. The van der Waals surface area contributed by atoms with E-state index in [4.69, 9.17) is 0 Å². The summed E-state index contributed by atoms with van der Waals surface area (Å²) in [5.41, 5.74) is 2.74. The molecule has 1 fully saturated rings. The number of amides is 1. The second-order valence-electron chi connectivity index (χ2n) is 5.17. The van der Waals surface area contributed by atoms with Gasteiger partial charge in [-0.15, -0.1) is 0 Å². The summed E-state index contributed by atoms with van der Waals surface area (Å²) in [5, 5.41) is 14.0. The Hall–Kier alpha value is -1.73. The molecule has 0 spiro atoms. The molecule has 1 aromatic rings. The number of hydrazine groups is 1. The van der Waals surface area contributed by atoms with Gasteiger partial charge in [-0.05, 0) is 24.6 Å². The van der Waals surface area contributed by atoms with Crippen LogP contribution < -0.4 is 10.7 Å². The molecule has 1 aliphatic rings. The zero-order valence-corrected chi connectivity index (χ0v) is 12.0. The van der Waals surface area contributed by atoms with Gasteiger partial charge in [-0.25, -0.2) is 19.2 Å². The molecule has 3 N–H and O–H groups in total. The van der Waals surface area contributed by atoms with E-state index in [1.165, 1.54) is 19.1 Å². The topological polar surface area (TPSA) is 64.6 Å². The number of alkyl halides is 2. The fourth-order valence-electron chi connectivity index (χ4n) is 2.23. The summed E-state index contributed by atoms with van der Waals surface area (Å²) in [6, 6.07) is 3.32. The maximum absolute atomic E-state index is 13.7. The Morgan fingerprint density at radius 1 is 1.57 bits per heavy atom. The van der Waals surface area contributed by atoms with Gasteiger partial charge in [0.1, 0.15) is 11.8 Å². The molecular formula is C14H19F2N3O2. The van der Waals surface area contributed by atoms with Crippen LogP contribution in [0.2, 0.25) is 0 Å². The molecule has 0 aliphatic carbocycles. The number of anilines is 1. The van der Waals surface area contributed by atoms with E-state index in [9.17, 15) is 18.7 Å². The van der Waals surface area contributed by atoms with Gasteiger partial charge in [0.25, 0.3) is 5.92 Å². The van der Waals surface area contributed by atoms with Gasteiger partial charge in [0.2, 0.25) is 5.91 Å². The minimum Gasteiger partial charge on any atom is -0.507 e. The van der Waals surface area contributed by atoms with Crippen molar-refractivity contribution in [3.05, 3.63) is 23.8 Å². The van der Waals surface area contributed by atoms with E-state index in [-0.39, 0.29) is 17.6 Å². The normalized spacial score (nSPS) is 19.7. The summed E-state index contributed by atoms with van der Waals surface area (Å²) < 4.78 is 27.4. The van der Waals surface area contributed by atoms with E-state index < -0.39 is 23.7 Å². The molecule has 1 amide bonds. The van der Waals surface area contributed by atoms with Crippen molar-refractivity contribution in [1.29, 1.82) is 0 Å². The summed E-state index contributed by atoms with van der Waals surface area (Å²) >= 11 is 0. The Bertz CT molecular complexity index is 537. The largest absolute Gasteiger partial charge is 0.507 e. The smallest absolute Gasteiger partial charge is 0.276 e. The monoisotopic (exact) mass is 299 g/mol. The Kier molecular flexibility index (Phi) is 4.43. The number of halogens is 2. The molecule has 0 bridgehead atoms. The maximum Gasteiger partial charge on any atom is 0.276 e. The zero-order valence-electron chi connectivity index (χ0n) is 12.0. The van der Waals surface area contributed by atoms with Crippen LogP contribution in [0.5, 0.6) is 5.75 Å². The van der Waals surface area contributed by atoms with Crippen LogP contribution in [-0.4, -0.2) is 35.7 Å². The molecule has 7 heteroatoms. The Morgan fingerprint density at radius 2 is 2.29 bits per heavy atom. The molecule has 1 aliphatic heterocycles. The molecule has 1 saturated heterocycles. The van der Waals surface area contributed by atoms with Gasteiger partial charge < -0.3 is 10.4 Å². The van der Waals surface area contributed by atoms with Crippen molar-refractivity contribution in [2.24, 2.45) is 0 Å². The van der Waals surface area contributed by atoms with Crippen molar-refractivity contribution < 1.29 is 18.7 Å². The van der Waals surface area contributed by atoms with Crippen LogP contribution in [0, 0.1) is 0 Å². The molecule has 21 heavy (non-hydrogen) atoms. The predicted octanol–water partition coefficient (Wildman–Crippen LogP) is 2.04. The van der Waals surface area contributed by atoms with Crippen LogP contribution in [0.15, 0.2) is 18.2 Å². The van der Waals surface area contributed by atoms with Gasteiger partial charge in [0.05, 0.1) is 5.56 Å². The molecule has 1 aromatic carbocycles. The average Bonchev–Trinajstić information content (AvgIpc) is 2.87. The molecule has 5 nitrogen and oxygen atoms in total. The first-order chi connectivity index (χ1) is 9.83. The number of rotatable bonds is 4. The van der Waals surface area contributed by atoms with Crippen molar-refractivity contribution in [3.8, 4) is 5.75 Å². The van der Waals surface area contributed by atoms with Crippen molar-refractivity contribution in [2.45, 2.75) is 31.7 Å². The fourth-order valence-corrected chi connectivity index (χ4v) is 2.23. The lowest BCUT2D eigenvalue weighted by Gasteiger charge is -2.18. The van der Waals surface area contributed by atoms with Crippen LogP contribution in [0.4, 0.5) is 14.5 Å². The van der Waals surface area contributed by atoms with E-state index >= 15 is 0 Å². The standard InChI is InChI=1S/C14H19F2N3O2/c1-3-14(15,16)10-8-9(4-5-12(10)20)17-13(21)11-6-7-19(2)18-11/h4-5,8,11,18,20H,3,6-7H2,1-2H3,(H,17,21). The number of phenolic OH excluding ortho intramolecular Hbond substituents is 1. The van der Waals surface area contributed by atoms with E-state index in [0.717, 1.165) is 12.6 Å². The number of hydrogen-bond acceptors (Lipinski definition) is 4. The lowest BCUT2D eigenvalue weighted by atomic mass is 10.0. The molecule has 1 heterocycles. The third-order valence-corrected chi connectivity index (χ3v) is 3.55. The number of phenols is 1. The Morgan fingerprint density at radius 3 is 2.86 bits per heavy atom. The van der Waals surface area contributed by atoms with E-state index in [1.54, 1.807) is 5.01 Å². The number of aromatic hydroxyl groups is 1. The van der Waals surface area contributed by atoms with E-state index in [0.29, 0.717) is 6.42 Å². The highest BCUT2D eigenvalue weighted by atomic mass is 19.3. The van der Waals surface area contributed by atoms with Gasteiger partial charge in [-0.3, -0.25) is 4.79 Å². The molecule has 2 rings (SSSR count). The minimum absolute atomic E-state index is 0.247. The van der Waals surface area contributed by atoms with Crippen molar-refractivity contribution in [1.82, 2.24) is 10.4 Å². The van der Waals surface area contributed by atoms with Gasteiger partial charge in [-0.2, -0.15) is 0 Å². The second-order valence-corrected chi connectivity index (χ2v) is 5.17. The van der Waals surface area contributed by atoms with Gasteiger partial charge >= 0.3 is 0 Å². The zero-order chi connectivity index (χ0) is 15.6. The molecule has 1 atom stereocenters. The van der Waals surface area contributed by atoms with Crippen molar-refractivity contribution in [3.63, 3.8) is 0 Å². The minimum atomic E-state index is -3.13. The van der Waals surface area contributed by atoms with Crippen LogP contribution in [0.1, 0.15) is 25.3 Å². The summed E-state index contributed by atoms with van der Waals surface area (Å²) in [5.74, 6) is -3.88. The molecule has 1 unspecified atom stereocenters. The third-order valence-electron chi connectivity index (χ3n) is 3.55. The Labute approximate surface area is 121 Å². The number of carbonyl (C=O) groups excluding carboxylic acids is 1.